The quantitative estimate of drug-likeness (QED) is 0.493. The molecule has 0 aliphatic heterocycles. The van der Waals surface area contributed by atoms with Gasteiger partial charge in [-0.1, -0.05) is 11.6 Å². The van der Waals surface area contributed by atoms with Gasteiger partial charge in [0.2, 0.25) is 0 Å². The Morgan fingerprint density at radius 2 is 2.00 bits per heavy atom. The smallest absolute Gasteiger partial charge is 0.323 e. The van der Waals surface area contributed by atoms with Gasteiger partial charge in [0.15, 0.2) is 0 Å². The van der Waals surface area contributed by atoms with Crippen molar-refractivity contribution in [3.63, 3.8) is 0 Å². The molecule has 0 spiro atoms. The predicted molar refractivity (Wildman–Crippen MR) is 85.6 cm³/mol. The molecule has 0 radical (unpaired) electrons. The monoisotopic (exact) mass is 375 g/mol. The zero-order chi connectivity index (χ0) is 18.9. The van der Waals surface area contributed by atoms with Gasteiger partial charge in [0, 0.05) is 32.9 Å². The molecule has 0 aliphatic rings. The zero-order valence-corrected chi connectivity index (χ0v) is 13.9. The van der Waals surface area contributed by atoms with Gasteiger partial charge in [-0.05, 0) is 6.07 Å². The molecule has 0 saturated heterocycles. The van der Waals surface area contributed by atoms with Crippen LogP contribution in [0.25, 0.3) is 0 Å². The standard InChI is InChI=1S/C14H13ClF3N5O2/c1-22-6-8(12(24)23(2)13(22)25)10(21-19)4-11-9(15)3-7(5-20-11)14(16,17)18/h3,5-6H,4,19H2,1-2H3/b21-10-. The molecule has 2 N–H and O–H groups in total. The van der Waals surface area contributed by atoms with Crippen LogP contribution in [0.15, 0.2) is 33.2 Å². The van der Waals surface area contributed by atoms with E-state index in [4.69, 9.17) is 17.4 Å². The van der Waals surface area contributed by atoms with Gasteiger partial charge >= 0.3 is 11.9 Å². The fourth-order valence-electron chi connectivity index (χ4n) is 2.13. The average molecular weight is 376 g/mol. The van der Waals surface area contributed by atoms with E-state index in [-0.39, 0.29) is 28.4 Å². The Kier molecular flexibility index (Phi) is 5.02. The van der Waals surface area contributed by atoms with Crippen molar-refractivity contribution < 1.29 is 13.2 Å². The molecule has 7 nitrogen and oxygen atoms in total. The molecule has 11 heteroatoms. The van der Waals surface area contributed by atoms with E-state index < -0.39 is 23.0 Å². The largest absolute Gasteiger partial charge is 0.417 e. The number of rotatable bonds is 3. The highest BCUT2D eigenvalue weighted by Crippen LogP contribution is 2.31. The second kappa shape index (κ2) is 6.71. The fraction of sp³-hybridized carbons (Fsp3) is 0.286. The summed E-state index contributed by atoms with van der Waals surface area (Å²) in [5.41, 5.74) is -2.07. The lowest BCUT2D eigenvalue weighted by Gasteiger charge is -2.11. The van der Waals surface area contributed by atoms with Crippen molar-refractivity contribution in [3.05, 3.63) is 61.1 Å². The van der Waals surface area contributed by atoms with E-state index in [0.29, 0.717) is 6.20 Å². The molecule has 25 heavy (non-hydrogen) atoms. The third-order valence-electron chi connectivity index (χ3n) is 3.49. The highest BCUT2D eigenvalue weighted by atomic mass is 35.5. The number of nitrogens with two attached hydrogens (primary N) is 1. The molecule has 0 atom stereocenters. The molecular formula is C14H13ClF3N5O2. The summed E-state index contributed by atoms with van der Waals surface area (Å²) in [5.74, 6) is 5.31. The van der Waals surface area contributed by atoms with Crippen molar-refractivity contribution in [2.24, 2.45) is 25.0 Å². The lowest BCUT2D eigenvalue weighted by Crippen LogP contribution is -2.40. The Morgan fingerprint density at radius 3 is 2.52 bits per heavy atom. The van der Waals surface area contributed by atoms with Gasteiger partial charge in [-0.25, -0.2) is 4.79 Å². The first kappa shape index (κ1) is 18.7. The van der Waals surface area contributed by atoms with Gasteiger partial charge in [0.25, 0.3) is 5.56 Å². The predicted octanol–water partition coefficient (Wildman–Crippen LogP) is 1.06. The van der Waals surface area contributed by atoms with Crippen molar-refractivity contribution in [1.82, 2.24) is 14.1 Å². The second-order valence-corrected chi connectivity index (χ2v) is 5.61. The Bertz CT molecular complexity index is 962. The van der Waals surface area contributed by atoms with Crippen molar-refractivity contribution in [1.29, 1.82) is 0 Å². The molecule has 0 unspecified atom stereocenters. The fourth-order valence-corrected chi connectivity index (χ4v) is 2.36. The number of hydrogen-bond donors (Lipinski definition) is 1. The normalized spacial score (nSPS) is 12.5. The van der Waals surface area contributed by atoms with Crippen molar-refractivity contribution in [3.8, 4) is 0 Å². The molecule has 2 aromatic rings. The van der Waals surface area contributed by atoms with E-state index in [2.05, 4.69) is 10.1 Å². The highest BCUT2D eigenvalue weighted by molar-refractivity contribution is 6.31. The van der Waals surface area contributed by atoms with E-state index in [9.17, 15) is 22.8 Å². The maximum atomic E-state index is 12.7. The minimum atomic E-state index is -4.58. The van der Waals surface area contributed by atoms with Gasteiger partial charge in [-0.2, -0.15) is 18.3 Å². The number of halogens is 4. The van der Waals surface area contributed by atoms with Gasteiger partial charge in [0.05, 0.1) is 27.6 Å². The van der Waals surface area contributed by atoms with Crippen LogP contribution < -0.4 is 17.1 Å². The number of aromatic nitrogens is 3. The van der Waals surface area contributed by atoms with Crippen LogP contribution in [-0.2, 0) is 26.7 Å². The van der Waals surface area contributed by atoms with E-state index >= 15 is 0 Å². The first-order valence-corrected chi connectivity index (χ1v) is 7.19. The second-order valence-electron chi connectivity index (χ2n) is 5.20. The summed E-state index contributed by atoms with van der Waals surface area (Å²) in [7, 11) is 2.72. The first-order valence-electron chi connectivity index (χ1n) is 6.81. The number of pyridine rings is 1. The zero-order valence-electron chi connectivity index (χ0n) is 13.1. The van der Waals surface area contributed by atoms with Crippen LogP contribution in [0.3, 0.4) is 0 Å². The molecule has 0 saturated carbocycles. The molecule has 2 rings (SSSR count). The van der Waals surface area contributed by atoms with E-state index in [1.54, 1.807) is 0 Å². The summed E-state index contributed by atoms with van der Waals surface area (Å²) >= 11 is 5.85. The minimum Gasteiger partial charge on any atom is -0.323 e. The van der Waals surface area contributed by atoms with Crippen LogP contribution in [0.4, 0.5) is 13.2 Å². The Hall–Kier alpha value is -2.62. The maximum Gasteiger partial charge on any atom is 0.417 e. The summed E-state index contributed by atoms with van der Waals surface area (Å²) in [4.78, 5) is 27.6. The van der Waals surface area contributed by atoms with Crippen LogP contribution in [0.5, 0.6) is 0 Å². The molecule has 134 valence electrons. The van der Waals surface area contributed by atoms with Gasteiger partial charge in [0.1, 0.15) is 0 Å². The molecule has 2 heterocycles. The van der Waals surface area contributed by atoms with Gasteiger partial charge in [-0.15, -0.1) is 0 Å². The van der Waals surface area contributed by atoms with E-state index in [0.717, 1.165) is 15.2 Å². The number of alkyl halides is 3. The molecule has 0 amide bonds. The summed E-state index contributed by atoms with van der Waals surface area (Å²) in [6.45, 7) is 0. The number of hydrogen-bond acceptors (Lipinski definition) is 5. The lowest BCUT2D eigenvalue weighted by molar-refractivity contribution is -0.137. The molecule has 0 aliphatic carbocycles. The Labute approximate surface area is 144 Å². The summed E-state index contributed by atoms with van der Waals surface area (Å²) in [6, 6.07) is 0.733. The van der Waals surface area contributed by atoms with Gasteiger partial charge in [-0.3, -0.25) is 14.3 Å². The van der Waals surface area contributed by atoms with Gasteiger partial charge < -0.3 is 10.4 Å². The summed E-state index contributed by atoms with van der Waals surface area (Å²) in [6.07, 6.45) is -2.88. The number of nitrogens with zero attached hydrogens (tertiary/aromatic N) is 4. The van der Waals surface area contributed by atoms with Crippen LogP contribution in [-0.4, -0.2) is 19.8 Å². The number of hydrazone groups is 1. The first-order chi connectivity index (χ1) is 11.6. The molecule has 0 fully saturated rings. The molecule has 2 aromatic heterocycles. The molecule has 0 bridgehead atoms. The Morgan fingerprint density at radius 1 is 1.36 bits per heavy atom. The summed E-state index contributed by atoms with van der Waals surface area (Å²) in [5, 5.41) is 3.27. The SMILES string of the molecule is Cn1cc(/C(Cc2ncc(C(F)(F)F)cc2Cl)=N\N)c(=O)n(C)c1=O. The van der Waals surface area contributed by atoms with E-state index in [1.807, 2.05) is 0 Å². The highest BCUT2D eigenvalue weighted by Gasteiger charge is 2.31. The van der Waals surface area contributed by atoms with Crippen LogP contribution in [0.2, 0.25) is 5.02 Å². The number of aryl methyl sites for hydroxylation is 1. The maximum absolute atomic E-state index is 12.7. The minimum absolute atomic E-state index is 0.0184. The third kappa shape index (κ3) is 3.73. The average Bonchev–Trinajstić information content (AvgIpc) is 2.54. The van der Waals surface area contributed by atoms with Crippen molar-refractivity contribution >= 4 is 17.3 Å². The van der Waals surface area contributed by atoms with Crippen LogP contribution in [0, 0.1) is 0 Å². The van der Waals surface area contributed by atoms with Crippen molar-refractivity contribution in [2.45, 2.75) is 12.6 Å². The third-order valence-corrected chi connectivity index (χ3v) is 3.82. The van der Waals surface area contributed by atoms with Crippen molar-refractivity contribution in [2.75, 3.05) is 0 Å². The summed E-state index contributed by atoms with van der Waals surface area (Å²) < 4.78 is 40.0. The molecule has 0 aromatic carbocycles. The van der Waals surface area contributed by atoms with Crippen LogP contribution >= 0.6 is 11.6 Å². The lowest BCUT2D eigenvalue weighted by atomic mass is 10.1. The van der Waals surface area contributed by atoms with E-state index in [1.165, 1.54) is 20.3 Å². The topological polar surface area (TPSA) is 95.3 Å². The Balaban J connectivity index is 2.46. The van der Waals surface area contributed by atoms with Crippen LogP contribution in [0.1, 0.15) is 16.8 Å². The molecular weight excluding hydrogens is 363 g/mol.